The van der Waals surface area contributed by atoms with E-state index in [1.54, 1.807) is 0 Å². The van der Waals surface area contributed by atoms with Crippen molar-refractivity contribution in [3.05, 3.63) is 63.6 Å². The average Bonchev–Trinajstić information content (AvgIpc) is 2.40. The van der Waals surface area contributed by atoms with Crippen LogP contribution in [0, 0.1) is 6.92 Å². The van der Waals surface area contributed by atoms with Crippen LogP contribution < -0.4 is 10.5 Å². The molecule has 0 heterocycles. The van der Waals surface area contributed by atoms with Crippen molar-refractivity contribution in [3.63, 3.8) is 0 Å². The first-order valence-electron chi connectivity index (χ1n) is 6.41. The standard InChI is InChI=1S/C16H17Cl2NO/c1-10-3-6-14(18)9-15(10)20-16(11(2)19)12-4-7-13(17)8-5-12/h3-9,11,16H,19H2,1-2H3. The van der Waals surface area contributed by atoms with Gasteiger partial charge in [-0.1, -0.05) is 41.4 Å². The van der Waals surface area contributed by atoms with Crippen molar-refractivity contribution < 1.29 is 4.74 Å². The maximum atomic E-state index is 6.06. The summed E-state index contributed by atoms with van der Waals surface area (Å²) in [5.41, 5.74) is 8.06. The molecule has 0 radical (unpaired) electrons. The lowest BCUT2D eigenvalue weighted by Crippen LogP contribution is -2.29. The Labute approximate surface area is 129 Å². The Morgan fingerprint density at radius 3 is 2.20 bits per heavy atom. The summed E-state index contributed by atoms with van der Waals surface area (Å²) < 4.78 is 6.06. The Morgan fingerprint density at radius 1 is 1.00 bits per heavy atom. The van der Waals surface area contributed by atoms with E-state index in [2.05, 4.69) is 0 Å². The number of hydrogen-bond donors (Lipinski definition) is 1. The molecule has 0 amide bonds. The molecule has 0 spiro atoms. The van der Waals surface area contributed by atoms with Gasteiger partial charge in [0.05, 0.1) is 0 Å². The van der Waals surface area contributed by atoms with Gasteiger partial charge in [-0.15, -0.1) is 0 Å². The van der Waals surface area contributed by atoms with E-state index in [-0.39, 0.29) is 12.1 Å². The highest BCUT2D eigenvalue weighted by atomic mass is 35.5. The molecular weight excluding hydrogens is 293 g/mol. The van der Waals surface area contributed by atoms with Gasteiger partial charge in [0, 0.05) is 16.1 Å². The second kappa shape index (κ2) is 6.49. The highest BCUT2D eigenvalue weighted by Gasteiger charge is 2.19. The predicted octanol–water partition coefficient (Wildman–Crippen LogP) is 4.77. The molecule has 106 valence electrons. The van der Waals surface area contributed by atoms with Crippen LogP contribution in [0.2, 0.25) is 10.0 Å². The van der Waals surface area contributed by atoms with Crippen LogP contribution in [-0.2, 0) is 0 Å². The lowest BCUT2D eigenvalue weighted by Gasteiger charge is -2.24. The first-order chi connectivity index (χ1) is 9.47. The number of benzene rings is 2. The molecule has 2 aromatic rings. The zero-order valence-electron chi connectivity index (χ0n) is 11.4. The van der Waals surface area contributed by atoms with Crippen molar-refractivity contribution in [2.75, 3.05) is 0 Å². The molecule has 20 heavy (non-hydrogen) atoms. The van der Waals surface area contributed by atoms with Crippen molar-refractivity contribution in [1.29, 1.82) is 0 Å². The molecule has 0 fully saturated rings. The highest BCUT2D eigenvalue weighted by molar-refractivity contribution is 6.30. The van der Waals surface area contributed by atoms with Crippen molar-refractivity contribution in [1.82, 2.24) is 0 Å². The molecule has 0 aromatic heterocycles. The molecular formula is C16H17Cl2NO. The molecule has 0 saturated heterocycles. The van der Waals surface area contributed by atoms with Crippen molar-refractivity contribution in [2.24, 2.45) is 5.73 Å². The lowest BCUT2D eigenvalue weighted by atomic mass is 10.0. The second-order valence-electron chi connectivity index (χ2n) is 4.86. The van der Waals surface area contributed by atoms with Gasteiger partial charge in [-0.3, -0.25) is 0 Å². The van der Waals surface area contributed by atoms with Crippen molar-refractivity contribution in [3.8, 4) is 5.75 Å². The quantitative estimate of drug-likeness (QED) is 0.883. The van der Waals surface area contributed by atoms with E-state index in [4.69, 9.17) is 33.7 Å². The SMILES string of the molecule is Cc1ccc(Cl)cc1OC(c1ccc(Cl)cc1)C(C)N. The van der Waals surface area contributed by atoms with E-state index in [9.17, 15) is 0 Å². The molecule has 4 heteroatoms. The zero-order chi connectivity index (χ0) is 14.7. The molecule has 2 nitrogen and oxygen atoms in total. The monoisotopic (exact) mass is 309 g/mol. The number of nitrogens with two attached hydrogens (primary N) is 1. The summed E-state index contributed by atoms with van der Waals surface area (Å²) in [4.78, 5) is 0. The number of rotatable bonds is 4. The molecule has 0 aliphatic rings. The van der Waals surface area contributed by atoms with Gasteiger partial charge in [0.25, 0.3) is 0 Å². The van der Waals surface area contributed by atoms with Crippen LogP contribution in [0.3, 0.4) is 0 Å². The van der Waals surface area contributed by atoms with Crippen LogP contribution in [0.25, 0.3) is 0 Å². The van der Waals surface area contributed by atoms with Gasteiger partial charge in [0.1, 0.15) is 11.9 Å². The van der Waals surface area contributed by atoms with Gasteiger partial charge in [-0.25, -0.2) is 0 Å². The third-order valence-corrected chi connectivity index (χ3v) is 3.57. The van der Waals surface area contributed by atoms with E-state index in [1.807, 2.05) is 56.3 Å². The third-order valence-electron chi connectivity index (χ3n) is 3.08. The topological polar surface area (TPSA) is 35.2 Å². The van der Waals surface area contributed by atoms with E-state index >= 15 is 0 Å². The molecule has 0 aliphatic heterocycles. The first-order valence-corrected chi connectivity index (χ1v) is 7.17. The maximum Gasteiger partial charge on any atom is 0.138 e. The lowest BCUT2D eigenvalue weighted by molar-refractivity contribution is 0.179. The van der Waals surface area contributed by atoms with Crippen LogP contribution in [0.1, 0.15) is 24.2 Å². The van der Waals surface area contributed by atoms with Gasteiger partial charge < -0.3 is 10.5 Å². The van der Waals surface area contributed by atoms with E-state index in [1.165, 1.54) is 0 Å². The molecule has 2 atom stereocenters. The minimum atomic E-state index is -0.246. The average molecular weight is 310 g/mol. The molecule has 0 aliphatic carbocycles. The Hall–Kier alpha value is -1.22. The summed E-state index contributed by atoms with van der Waals surface area (Å²) in [6.45, 7) is 3.89. The van der Waals surface area contributed by atoms with E-state index < -0.39 is 0 Å². The van der Waals surface area contributed by atoms with Crippen LogP contribution in [0.5, 0.6) is 5.75 Å². The second-order valence-corrected chi connectivity index (χ2v) is 5.73. The Morgan fingerprint density at radius 2 is 1.60 bits per heavy atom. The van der Waals surface area contributed by atoms with Crippen molar-refractivity contribution in [2.45, 2.75) is 26.0 Å². The fourth-order valence-corrected chi connectivity index (χ4v) is 2.26. The van der Waals surface area contributed by atoms with Crippen molar-refractivity contribution >= 4 is 23.2 Å². The predicted molar refractivity (Wildman–Crippen MR) is 84.7 cm³/mol. The smallest absolute Gasteiger partial charge is 0.138 e. The number of halogens is 2. The Balaban J connectivity index is 2.30. The fourth-order valence-electron chi connectivity index (χ4n) is 1.97. The number of aryl methyl sites for hydroxylation is 1. The number of hydrogen-bond acceptors (Lipinski definition) is 2. The summed E-state index contributed by atoms with van der Waals surface area (Å²) >= 11 is 11.9. The molecule has 2 N–H and O–H groups in total. The normalized spacial score (nSPS) is 13.8. The third kappa shape index (κ3) is 3.66. The van der Waals surface area contributed by atoms with Gasteiger partial charge >= 0.3 is 0 Å². The summed E-state index contributed by atoms with van der Waals surface area (Å²) in [6.07, 6.45) is -0.246. The highest BCUT2D eigenvalue weighted by Crippen LogP contribution is 2.29. The number of ether oxygens (including phenoxy) is 1. The zero-order valence-corrected chi connectivity index (χ0v) is 12.9. The Kier molecular flexibility index (Phi) is 4.92. The molecule has 2 unspecified atom stereocenters. The summed E-state index contributed by atoms with van der Waals surface area (Å²) in [5, 5.41) is 1.33. The fraction of sp³-hybridized carbons (Fsp3) is 0.250. The molecule has 2 rings (SSSR count). The summed E-state index contributed by atoms with van der Waals surface area (Å²) in [7, 11) is 0. The van der Waals surface area contributed by atoms with Gasteiger partial charge in [-0.05, 0) is 49.2 Å². The van der Waals surface area contributed by atoms with E-state index in [0.29, 0.717) is 10.0 Å². The van der Waals surface area contributed by atoms with Crippen LogP contribution in [0.4, 0.5) is 0 Å². The molecule has 2 aromatic carbocycles. The van der Waals surface area contributed by atoms with E-state index in [0.717, 1.165) is 16.9 Å². The van der Waals surface area contributed by atoms with Gasteiger partial charge in [0.2, 0.25) is 0 Å². The molecule has 0 saturated carbocycles. The Bertz CT molecular complexity index is 582. The van der Waals surface area contributed by atoms with Crippen LogP contribution >= 0.6 is 23.2 Å². The first kappa shape index (κ1) is 15.2. The maximum absolute atomic E-state index is 6.06. The summed E-state index contributed by atoms with van der Waals surface area (Å²) in [5.74, 6) is 0.745. The largest absolute Gasteiger partial charge is 0.484 e. The summed E-state index contributed by atoms with van der Waals surface area (Å²) in [6, 6.07) is 12.9. The van der Waals surface area contributed by atoms with Gasteiger partial charge in [0.15, 0.2) is 0 Å². The molecule has 0 bridgehead atoms. The van der Waals surface area contributed by atoms with Crippen LogP contribution in [0.15, 0.2) is 42.5 Å². The minimum Gasteiger partial charge on any atom is -0.484 e. The van der Waals surface area contributed by atoms with Gasteiger partial charge in [-0.2, -0.15) is 0 Å². The minimum absolute atomic E-state index is 0.158. The van der Waals surface area contributed by atoms with Crippen LogP contribution in [-0.4, -0.2) is 6.04 Å².